The quantitative estimate of drug-likeness (QED) is 0.834. The van der Waals surface area contributed by atoms with Crippen LogP contribution >= 0.6 is 11.6 Å². The van der Waals surface area contributed by atoms with Crippen molar-refractivity contribution in [3.63, 3.8) is 0 Å². The van der Waals surface area contributed by atoms with E-state index in [1.807, 2.05) is 19.1 Å². The highest BCUT2D eigenvalue weighted by atomic mass is 35.5. The molecule has 0 atom stereocenters. The van der Waals surface area contributed by atoms with Crippen LogP contribution in [-0.4, -0.2) is 29.0 Å². The molecule has 2 amide bonds. The minimum absolute atomic E-state index is 0.298. The van der Waals surface area contributed by atoms with Gasteiger partial charge in [0.2, 0.25) is 0 Å². The van der Waals surface area contributed by atoms with Crippen LogP contribution in [0.4, 0.5) is 10.6 Å². The van der Waals surface area contributed by atoms with Crippen LogP contribution in [0.1, 0.15) is 5.69 Å². The van der Waals surface area contributed by atoms with Gasteiger partial charge in [-0.1, -0.05) is 17.7 Å². The van der Waals surface area contributed by atoms with E-state index in [0.29, 0.717) is 29.7 Å². The predicted molar refractivity (Wildman–Crippen MR) is 81.9 cm³/mol. The van der Waals surface area contributed by atoms with Crippen molar-refractivity contribution < 1.29 is 9.53 Å². The highest BCUT2D eigenvalue weighted by molar-refractivity contribution is 6.30. The van der Waals surface area contributed by atoms with Crippen molar-refractivity contribution in [2.24, 2.45) is 7.05 Å². The molecule has 0 bridgehead atoms. The molecule has 21 heavy (non-hydrogen) atoms. The highest BCUT2D eigenvalue weighted by Crippen LogP contribution is 2.16. The Labute approximate surface area is 128 Å². The van der Waals surface area contributed by atoms with Gasteiger partial charge >= 0.3 is 6.03 Å². The molecule has 2 N–H and O–H groups in total. The van der Waals surface area contributed by atoms with E-state index < -0.39 is 0 Å². The SMILES string of the molecule is Cc1cc(NC(=O)NCCOc2cccc(Cl)c2)n(C)n1. The summed E-state index contributed by atoms with van der Waals surface area (Å²) in [7, 11) is 1.77. The van der Waals surface area contributed by atoms with Gasteiger partial charge < -0.3 is 10.1 Å². The second-order valence-electron chi connectivity index (χ2n) is 4.48. The van der Waals surface area contributed by atoms with Crippen molar-refractivity contribution in [1.29, 1.82) is 0 Å². The van der Waals surface area contributed by atoms with E-state index in [0.717, 1.165) is 5.69 Å². The first-order valence-corrected chi connectivity index (χ1v) is 6.86. The number of amides is 2. The number of hydrogen-bond donors (Lipinski definition) is 2. The number of urea groups is 1. The van der Waals surface area contributed by atoms with Gasteiger partial charge in [-0.2, -0.15) is 5.10 Å². The standard InChI is InChI=1S/C14H17ClN4O2/c1-10-8-13(19(2)18-10)17-14(20)16-6-7-21-12-5-3-4-11(15)9-12/h3-5,8-9H,6-7H2,1-2H3,(H2,16,17,20). The first-order valence-electron chi connectivity index (χ1n) is 6.48. The van der Waals surface area contributed by atoms with Gasteiger partial charge in [0.25, 0.3) is 0 Å². The van der Waals surface area contributed by atoms with Crippen molar-refractivity contribution >= 4 is 23.4 Å². The molecule has 0 aliphatic carbocycles. The van der Waals surface area contributed by atoms with Gasteiger partial charge in [0, 0.05) is 18.1 Å². The zero-order valence-corrected chi connectivity index (χ0v) is 12.6. The maximum atomic E-state index is 11.7. The summed E-state index contributed by atoms with van der Waals surface area (Å²) in [6.07, 6.45) is 0. The first-order chi connectivity index (χ1) is 10.0. The fraction of sp³-hybridized carbons (Fsp3) is 0.286. The van der Waals surface area contributed by atoms with E-state index >= 15 is 0 Å². The fourth-order valence-electron chi connectivity index (χ4n) is 1.78. The highest BCUT2D eigenvalue weighted by Gasteiger charge is 2.06. The lowest BCUT2D eigenvalue weighted by molar-refractivity contribution is 0.247. The summed E-state index contributed by atoms with van der Waals surface area (Å²) in [5, 5.41) is 10.2. The van der Waals surface area contributed by atoms with Crippen molar-refractivity contribution in [3.05, 3.63) is 41.0 Å². The molecule has 6 nitrogen and oxygen atoms in total. The number of anilines is 1. The van der Waals surface area contributed by atoms with Gasteiger partial charge in [0.15, 0.2) is 0 Å². The molecule has 0 unspecified atom stereocenters. The van der Waals surface area contributed by atoms with Crippen LogP contribution in [-0.2, 0) is 7.05 Å². The number of hydrogen-bond acceptors (Lipinski definition) is 3. The monoisotopic (exact) mass is 308 g/mol. The largest absolute Gasteiger partial charge is 0.492 e. The van der Waals surface area contributed by atoms with Crippen LogP contribution in [0.5, 0.6) is 5.75 Å². The minimum Gasteiger partial charge on any atom is -0.492 e. The summed E-state index contributed by atoms with van der Waals surface area (Å²) in [5.74, 6) is 1.31. The molecule has 7 heteroatoms. The van der Waals surface area contributed by atoms with Gasteiger partial charge in [-0.25, -0.2) is 4.79 Å². The Bertz CT molecular complexity index is 627. The second kappa shape index (κ2) is 6.99. The topological polar surface area (TPSA) is 68.2 Å². The molecule has 1 aromatic heterocycles. The number of rotatable bonds is 5. The number of aromatic nitrogens is 2. The molecular formula is C14H17ClN4O2. The molecule has 0 saturated carbocycles. The summed E-state index contributed by atoms with van der Waals surface area (Å²) >= 11 is 5.85. The Hall–Kier alpha value is -2.21. The van der Waals surface area contributed by atoms with Crippen LogP contribution in [0, 0.1) is 6.92 Å². The van der Waals surface area contributed by atoms with Crippen LogP contribution in [0.2, 0.25) is 5.02 Å². The third-order valence-corrected chi connectivity index (χ3v) is 2.93. The van der Waals surface area contributed by atoms with Crippen LogP contribution in [0.15, 0.2) is 30.3 Å². The second-order valence-corrected chi connectivity index (χ2v) is 4.92. The minimum atomic E-state index is -0.298. The molecule has 0 spiro atoms. The first kappa shape index (κ1) is 15.2. The number of nitrogens with one attached hydrogen (secondary N) is 2. The average molecular weight is 309 g/mol. The molecule has 2 aromatic rings. The lowest BCUT2D eigenvalue weighted by atomic mass is 10.3. The Balaban J connectivity index is 1.71. The van der Waals surface area contributed by atoms with Crippen molar-refractivity contribution in [2.45, 2.75) is 6.92 Å². The molecule has 1 heterocycles. The van der Waals surface area contributed by atoms with E-state index in [1.165, 1.54) is 0 Å². The maximum Gasteiger partial charge on any atom is 0.320 e. The number of carbonyl (C=O) groups excluding carboxylic acids is 1. The van der Waals surface area contributed by atoms with Gasteiger partial charge in [-0.3, -0.25) is 10.00 Å². The molecule has 0 fully saturated rings. The van der Waals surface area contributed by atoms with Crippen LogP contribution < -0.4 is 15.4 Å². The van der Waals surface area contributed by atoms with E-state index in [4.69, 9.17) is 16.3 Å². The lowest BCUT2D eigenvalue weighted by Gasteiger charge is -2.09. The predicted octanol–water partition coefficient (Wildman–Crippen LogP) is 2.58. The molecule has 2 rings (SSSR count). The molecule has 0 aliphatic rings. The molecule has 0 aliphatic heterocycles. The molecule has 112 valence electrons. The van der Waals surface area contributed by atoms with Gasteiger partial charge in [0.05, 0.1) is 12.2 Å². The zero-order valence-electron chi connectivity index (χ0n) is 11.9. The van der Waals surface area contributed by atoms with Crippen molar-refractivity contribution in [1.82, 2.24) is 15.1 Å². The summed E-state index contributed by atoms with van der Waals surface area (Å²) in [5.41, 5.74) is 0.845. The molecular weight excluding hydrogens is 292 g/mol. The Morgan fingerprint density at radius 1 is 1.43 bits per heavy atom. The Morgan fingerprint density at radius 3 is 2.90 bits per heavy atom. The zero-order chi connectivity index (χ0) is 15.2. The summed E-state index contributed by atoms with van der Waals surface area (Å²) in [4.78, 5) is 11.7. The number of halogens is 1. The summed E-state index contributed by atoms with van der Waals surface area (Å²) in [6.45, 7) is 2.61. The van der Waals surface area contributed by atoms with Gasteiger partial charge in [0.1, 0.15) is 18.2 Å². The third-order valence-electron chi connectivity index (χ3n) is 2.70. The van der Waals surface area contributed by atoms with Gasteiger partial charge in [-0.05, 0) is 25.1 Å². The smallest absolute Gasteiger partial charge is 0.320 e. The molecule has 0 saturated heterocycles. The van der Waals surface area contributed by atoms with Crippen LogP contribution in [0.3, 0.4) is 0 Å². The molecule has 0 radical (unpaired) electrons. The number of ether oxygens (including phenoxy) is 1. The van der Waals surface area contributed by atoms with Crippen molar-refractivity contribution in [3.8, 4) is 5.75 Å². The van der Waals surface area contributed by atoms with E-state index in [1.54, 1.807) is 29.9 Å². The van der Waals surface area contributed by atoms with E-state index in [9.17, 15) is 4.79 Å². The number of nitrogens with zero attached hydrogens (tertiary/aromatic N) is 2. The van der Waals surface area contributed by atoms with E-state index in [-0.39, 0.29) is 6.03 Å². The van der Waals surface area contributed by atoms with Gasteiger partial charge in [-0.15, -0.1) is 0 Å². The summed E-state index contributed by atoms with van der Waals surface area (Å²) < 4.78 is 7.08. The Morgan fingerprint density at radius 2 is 2.24 bits per heavy atom. The lowest BCUT2D eigenvalue weighted by Crippen LogP contribution is -2.32. The Kier molecular flexibility index (Phi) is 5.05. The molecule has 1 aromatic carbocycles. The van der Waals surface area contributed by atoms with Crippen molar-refractivity contribution in [2.75, 3.05) is 18.5 Å². The summed E-state index contributed by atoms with van der Waals surface area (Å²) in [6, 6.07) is 8.61. The number of carbonyl (C=O) groups is 1. The third kappa shape index (κ3) is 4.68. The average Bonchev–Trinajstić information content (AvgIpc) is 2.73. The fourth-order valence-corrected chi connectivity index (χ4v) is 1.96. The number of benzene rings is 1. The number of aryl methyl sites for hydroxylation is 2. The normalized spacial score (nSPS) is 10.2. The van der Waals surface area contributed by atoms with Crippen LogP contribution in [0.25, 0.3) is 0 Å². The maximum absolute atomic E-state index is 11.7. The van der Waals surface area contributed by atoms with E-state index in [2.05, 4.69) is 15.7 Å².